The summed E-state index contributed by atoms with van der Waals surface area (Å²) in [4.78, 5) is 14.7. The number of hydrogen-bond acceptors (Lipinski definition) is 4. The van der Waals surface area contributed by atoms with Gasteiger partial charge in [-0.15, -0.1) is 5.10 Å². The summed E-state index contributed by atoms with van der Waals surface area (Å²) in [6.07, 6.45) is 3.63. The highest BCUT2D eigenvalue weighted by atomic mass is 35.5. The Hall–Kier alpha value is -3.16. The summed E-state index contributed by atoms with van der Waals surface area (Å²) in [6.45, 7) is 1.87. The summed E-state index contributed by atoms with van der Waals surface area (Å²) in [6, 6.07) is 15.2. The van der Waals surface area contributed by atoms with Gasteiger partial charge in [0, 0.05) is 35.9 Å². The van der Waals surface area contributed by atoms with Crippen LogP contribution < -0.4 is 5.32 Å². The monoisotopic (exact) mass is 408 g/mol. The van der Waals surface area contributed by atoms with E-state index in [2.05, 4.69) is 45.4 Å². The van der Waals surface area contributed by atoms with Crippen LogP contribution in [0.15, 0.2) is 60.9 Å². The van der Waals surface area contributed by atoms with Crippen molar-refractivity contribution in [3.8, 4) is 5.69 Å². The first-order valence-electron chi connectivity index (χ1n) is 9.23. The normalized spacial score (nSPS) is 11.3. The number of carbonyl (C=O) groups excluding carboxylic acids is 1. The Morgan fingerprint density at radius 3 is 2.79 bits per heavy atom. The smallest absolute Gasteiger partial charge is 0.277 e. The molecule has 0 atom stereocenters. The lowest BCUT2D eigenvalue weighted by molar-refractivity contribution is 0.102. The van der Waals surface area contributed by atoms with Crippen molar-refractivity contribution in [1.29, 1.82) is 0 Å². The van der Waals surface area contributed by atoms with Crippen LogP contribution in [-0.2, 0) is 6.54 Å². The van der Waals surface area contributed by atoms with E-state index in [4.69, 9.17) is 11.6 Å². The quantitative estimate of drug-likeness (QED) is 0.528. The third-order valence-corrected chi connectivity index (χ3v) is 4.96. The zero-order valence-corrected chi connectivity index (χ0v) is 17.0. The van der Waals surface area contributed by atoms with Gasteiger partial charge in [-0.1, -0.05) is 28.9 Å². The van der Waals surface area contributed by atoms with Gasteiger partial charge < -0.3 is 14.8 Å². The summed E-state index contributed by atoms with van der Waals surface area (Å²) in [5, 5.41) is 12.5. The Bertz CT molecular complexity index is 1160. The number of aromatic nitrogens is 4. The first-order chi connectivity index (χ1) is 14.0. The van der Waals surface area contributed by atoms with E-state index in [1.165, 1.54) is 4.68 Å². The summed E-state index contributed by atoms with van der Waals surface area (Å²) in [5.74, 6) is -0.324. The molecule has 0 fully saturated rings. The number of benzene rings is 2. The average molecular weight is 409 g/mol. The molecule has 148 valence electrons. The number of hydrogen-bond donors (Lipinski definition) is 1. The molecule has 1 amide bonds. The first kappa shape index (κ1) is 19.2. The molecule has 2 aromatic carbocycles. The standard InChI is InChI=1S/C21H21ClN6O/c1-26(2)11-12-27-10-9-15-13-16(7-8-19(15)27)23-21(29)18-14-28(25-24-18)20-6-4-3-5-17(20)22/h3-10,13-14H,11-12H2,1-2H3,(H,23,29). The Balaban J connectivity index is 1.50. The van der Waals surface area contributed by atoms with Crippen LogP contribution in [0.5, 0.6) is 0 Å². The number of rotatable bonds is 6. The molecule has 4 aromatic rings. The molecule has 0 spiro atoms. The molecule has 2 heterocycles. The van der Waals surface area contributed by atoms with Gasteiger partial charge in [-0.2, -0.15) is 0 Å². The van der Waals surface area contributed by atoms with E-state index in [-0.39, 0.29) is 11.6 Å². The Morgan fingerprint density at radius 1 is 1.17 bits per heavy atom. The minimum absolute atomic E-state index is 0.216. The topological polar surface area (TPSA) is 68.0 Å². The van der Waals surface area contributed by atoms with Gasteiger partial charge in [-0.05, 0) is 50.5 Å². The van der Waals surface area contributed by atoms with Crippen LogP contribution in [0.2, 0.25) is 5.02 Å². The molecule has 4 rings (SSSR count). The second-order valence-electron chi connectivity index (χ2n) is 7.04. The summed E-state index contributed by atoms with van der Waals surface area (Å²) in [7, 11) is 4.11. The molecule has 0 saturated heterocycles. The molecule has 0 bridgehead atoms. The number of anilines is 1. The van der Waals surface area contributed by atoms with Crippen molar-refractivity contribution >= 4 is 34.1 Å². The van der Waals surface area contributed by atoms with E-state index in [1.807, 2.05) is 42.5 Å². The lowest BCUT2D eigenvalue weighted by atomic mass is 10.2. The number of nitrogens with zero attached hydrogens (tertiary/aromatic N) is 5. The van der Waals surface area contributed by atoms with Gasteiger partial charge in [0.2, 0.25) is 0 Å². The third kappa shape index (κ3) is 4.16. The predicted octanol–water partition coefficient (Wildman–Crippen LogP) is 3.69. The maximum absolute atomic E-state index is 12.6. The summed E-state index contributed by atoms with van der Waals surface area (Å²) in [5.41, 5.74) is 2.73. The number of fused-ring (bicyclic) bond motifs is 1. The number of nitrogens with one attached hydrogen (secondary N) is 1. The fourth-order valence-corrected chi connectivity index (χ4v) is 3.32. The average Bonchev–Trinajstić information content (AvgIpc) is 3.34. The molecular weight excluding hydrogens is 388 g/mol. The molecule has 0 unspecified atom stereocenters. The third-order valence-electron chi connectivity index (χ3n) is 4.64. The number of halogens is 1. The fourth-order valence-electron chi connectivity index (χ4n) is 3.10. The second-order valence-corrected chi connectivity index (χ2v) is 7.45. The lowest BCUT2D eigenvalue weighted by Gasteiger charge is -2.11. The highest BCUT2D eigenvalue weighted by molar-refractivity contribution is 6.32. The van der Waals surface area contributed by atoms with Crippen molar-refractivity contribution in [1.82, 2.24) is 24.5 Å². The van der Waals surface area contributed by atoms with E-state index in [0.717, 1.165) is 24.0 Å². The van der Waals surface area contributed by atoms with Gasteiger partial charge in [-0.25, -0.2) is 4.68 Å². The van der Waals surface area contributed by atoms with Gasteiger partial charge >= 0.3 is 0 Å². The van der Waals surface area contributed by atoms with E-state index in [0.29, 0.717) is 16.4 Å². The van der Waals surface area contributed by atoms with Crippen molar-refractivity contribution in [2.45, 2.75) is 6.54 Å². The van der Waals surface area contributed by atoms with Gasteiger partial charge in [0.1, 0.15) is 0 Å². The van der Waals surface area contributed by atoms with Crippen LogP contribution in [0.3, 0.4) is 0 Å². The Kier molecular flexibility index (Phi) is 5.33. The van der Waals surface area contributed by atoms with E-state index < -0.39 is 0 Å². The van der Waals surface area contributed by atoms with Crippen molar-refractivity contribution in [3.63, 3.8) is 0 Å². The zero-order chi connectivity index (χ0) is 20.4. The van der Waals surface area contributed by atoms with Crippen molar-refractivity contribution in [3.05, 3.63) is 71.6 Å². The van der Waals surface area contributed by atoms with Crippen LogP contribution in [-0.4, -0.2) is 51.0 Å². The minimum Gasteiger partial charge on any atom is -0.346 e. The van der Waals surface area contributed by atoms with Crippen LogP contribution in [0.4, 0.5) is 5.69 Å². The van der Waals surface area contributed by atoms with E-state index in [9.17, 15) is 4.79 Å². The maximum atomic E-state index is 12.6. The van der Waals surface area contributed by atoms with Crippen LogP contribution in [0.1, 0.15) is 10.5 Å². The largest absolute Gasteiger partial charge is 0.346 e. The molecule has 0 aliphatic carbocycles. The van der Waals surface area contributed by atoms with Crippen molar-refractivity contribution in [2.24, 2.45) is 0 Å². The molecule has 0 aliphatic heterocycles. The first-order valence-corrected chi connectivity index (χ1v) is 9.61. The van der Waals surface area contributed by atoms with Crippen LogP contribution >= 0.6 is 11.6 Å². The van der Waals surface area contributed by atoms with Gasteiger partial charge in [0.15, 0.2) is 5.69 Å². The molecule has 8 heteroatoms. The fraction of sp³-hybridized carbons (Fsp3) is 0.190. The van der Waals surface area contributed by atoms with Gasteiger partial charge in [-0.3, -0.25) is 4.79 Å². The summed E-state index contributed by atoms with van der Waals surface area (Å²) >= 11 is 6.18. The maximum Gasteiger partial charge on any atom is 0.277 e. The molecule has 29 heavy (non-hydrogen) atoms. The molecular formula is C21H21ClN6O. The van der Waals surface area contributed by atoms with Crippen molar-refractivity contribution < 1.29 is 4.79 Å². The number of amides is 1. The molecule has 0 radical (unpaired) electrons. The number of para-hydroxylation sites is 1. The number of carbonyl (C=O) groups is 1. The van der Waals surface area contributed by atoms with E-state index in [1.54, 1.807) is 12.3 Å². The molecule has 2 aromatic heterocycles. The van der Waals surface area contributed by atoms with Crippen molar-refractivity contribution in [2.75, 3.05) is 26.0 Å². The Labute approximate surface area is 173 Å². The molecule has 0 saturated carbocycles. The van der Waals surface area contributed by atoms with Gasteiger partial charge in [0.25, 0.3) is 5.91 Å². The Morgan fingerprint density at radius 2 is 2.00 bits per heavy atom. The molecule has 1 N–H and O–H groups in total. The molecule has 0 aliphatic rings. The molecule has 7 nitrogen and oxygen atoms in total. The zero-order valence-electron chi connectivity index (χ0n) is 16.2. The SMILES string of the molecule is CN(C)CCn1ccc2cc(NC(=O)c3cn(-c4ccccc4Cl)nn3)ccc21. The second kappa shape index (κ2) is 8.06. The van der Waals surface area contributed by atoms with Crippen LogP contribution in [0, 0.1) is 0 Å². The highest BCUT2D eigenvalue weighted by Gasteiger charge is 2.13. The van der Waals surface area contributed by atoms with E-state index >= 15 is 0 Å². The lowest BCUT2D eigenvalue weighted by Crippen LogP contribution is -2.17. The highest BCUT2D eigenvalue weighted by Crippen LogP contribution is 2.22. The number of likely N-dealkylation sites (N-methyl/N-ethyl adjacent to an activating group) is 1. The summed E-state index contributed by atoms with van der Waals surface area (Å²) < 4.78 is 3.70. The minimum atomic E-state index is -0.324. The van der Waals surface area contributed by atoms with Gasteiger partial charge in [0.05, 0.1) is 16.9 Å². The van der Waals surface area contributed by atoms with Crippen LogP contribution in [0.25, 0.3) is 16.6 Å². The predicted molar refractivity (Wildman–Crippen MR) is 115 cm³/mol.